The highest BCUT2D eigenvalue weighted by Gasteiger charge is 2.25. The Hall–Kier alpha value is -0.800. The molecule has 0 bridgehead atoms. The number of benzene rings is 1. The molecule has 0 amide bonds. The third-order valence-corrected chi connectivity index (χ3v) is 6.39. The third-order valence-electron chi connectivity index (χ3n) is 2.87. The minimum atomic E-state index is -3.92. The van der Waals surface area contributed by atoms with Crippen LogP contribution in [0.4, 0.5) is 4.39 Å². The fourth-order valence-corrected chi connectivity index (χ4v) is 4.54. The van der Waals surface area contributed by atoms with Gasteiger partial charge in [-0.15, -0.1) is 11.3 Å². The monoisotopic (exact) mass is 393 g/mol. The summed E-state index contributed by atoms with van der Waals surface area (Å²) in [6, 6.07) is 5.42. The van der Waals surface area contributed by atoms with Gasteiger partial charge in [0.15, 0.2) is 0 Å². The Labute approximate surface area is 135 Å². The molecule has 0 radical (unpaired) electrons. The quantitative estimate of drug-likeness (QED) is 0.849. The van der Waals surface area contributed by atoms with Crippen LogP contribution in [-0.4, -0.2) is 24.9 Å². The molecule has 0 spiro atoms. The van der Waals surface area contributed by atoms with Crippen LogP contribution in [0.1, 0.15) is 10.4 Å². The van der Waals surface area contributed by atoms with Crippen molar-refractivity contribution in [3.63, 3.8) is 0 Å². The molecule has 0 aliphatic heterocycles. The highest BCUT2D eigenvalue weighted by atomic mass is 79.9. The van der Waals surface area contributed by atoms with Gasteiger partial charge in [0.25, 0.3) is 0 Å². The van der Waals surface area contributed by atoms with Crippen LogP contribution < -0.4 is 0 Å². The molecule has 0 saturated carbocycles. The fraction of sp³-hybridized carbons (Fsp3) is 0.231. The predicted molar refractivity (Wildman–Crippen MR) is 83.0 cm³/mol. The number of aliphatic hydroxyl groups is 1. The lowest BCUT2D eigenvalue weighted by Gasteiger charge is -2.17. The summed E-state index contributed by atoms with van der Waals surface area (Å²) < 4.78 is 40.7. The van der Waals surface area contributed by atoms with E-state index in [0.29, 0.717) is 5.56 Å². The molecule has 1 aromatic heterocycles. The van der Waals surface area contributed by atoms with Crippen molar-refractivity contribution in [1.82, 2.24) is 4.31 Å². The largest absolute Gasteiger partial charge is 0.392 e. The summed E-state index contributed by atoms with van der Waals surface area (Å²) in [5, 5.41) is 10.8. The topological polar surface area (TPSA) is 57.6 Å². The summed E-state index contributed by atoms with van der Waals surface area (Å²) in [6.45, 7) is -0.171. The van der Waals surface area contributed by atoms with E-state index >= 15 is 0 Å². The third kappa shape index (κ3) is 3.70. The molecular weight excluding hydrogens is 381 g/mol. The maximum atomic E-state index is 13.9. The summed E-state index contributed by atoms with van der Waals surface area (Å²) in [7, 11) is -2.51. The highest BCUT2D eigenvalue weighted by Crippen LogP contribution is 2.25. The van der Waals surface area contributed by atoms with Crippen molar-refractivity contribution in [3.8, 4) is 0 Å². The first-order valence-corrected chi connectivity index (χ1v) is 9.04. The zero-order valence-corrected chi connectivity index (χ0v) is 14.3. The van der Waals surface area contributed by atoms with Crippen LogP contribution in [0.25, 0.3) is 0 Å². The molecule has 2 aromatic rings. The molecule has 0 aliphatic rings. The van der Waals surface area contributed by atoms with E-state index in [1.54, 1.807) is 0 Å². The molecule has 21 heavy (non-hydrogen) atoms. The van der Waals surface area contributed by atoms with Crippen molar-refractivity contribution in [2.45, 2.75) is 18.0 Å². The molecule has 1 heterocycles. The van der Waals surface area contributed by atoms with Crippen molar-refractivity contribution < 1.29 is 17.9 Å². The van der Waals surface area contributed by atoms with E-state index in [-0.39, 0.29) is 13.2 Å². The number of sulfonamides is 1. The van der Waals surface area contributed by atoms with E-state index in [2.05, 4.69) is 15.9 Å². The first kappa shape index (κ1) is 16.6. The molecule has 0 atom stereocenters. The van der Waals surface area contributed by atoms with Crippen molar-refractivity contribution in [2.75, 3.05) is 7.05 Å². The van der Waals surface area contributed by atoms with Crippen molar-refractivity contribution in [2.24, 2.45) is 0 Å². The summed E-state index contributed by atoms with van der Waals surface area (Å²) in [4.78, 5) is 0.457. The molecule has 4 nitrogen and oxygen atoms in total. The fourth-order valence-electron chi connectivity index (χ4n) is 1.76. The zero-order chi connectivity index (χ0) is 15.6. The van der Waals surface area contributed by atoms with Crippen LogP contribution in [0.3, 0.4) is 0 Å². The second kappa shape index (κ2) is 6.53. The van der Waals surface area contributed by atoms with Crippen LogP contribution in [-0.2, 0) is 23.2 Å². The molecule has 8 heteroatoms. The van der Waals surface area contributed by atoms with Crippen molar-refractivity contribution in [1.29, 1.82) is 0 Å². The number of thiophene rings is 1. The van der Waals surface area contributed by atoms with Crippen molar-refractivity contribution in [3.05, 3.63) is 50.4 Å². The van der Waals surface area contributed by atoms with Gasteiger partial charge in [-0.2, -0.15) is 4.31 Å². The predicted octanol–water partition coefficient (Wildman–Crippen LogP) is 2.96. The van der Waals surface area contributed by atoms with Gasteiger partial charge >= 0.3 is 0 Å². The van der Waals surface area contributed by atoms with Crippen LogP contribution in [0, 0.1) is 5.82 Å². The van der Waals surface area contributed by atoms with Crippen LogP contribution >= 0.6 is 27.3 Å². The lowest BCUT2D eigenvalue weighted by molar-refractivity contribution is 0.281. The van der Waals surface area contributed by atoms with E-state index in [9.17, 15) is 12.8 Å². The van der Waals surface area contributed by atoms with E-state index in [1.807, 2.05) is 11.4 Å². The SMILES string of the molecule is CN(Cc1cc(Br)cs1)S(=O)(=O)c1ccc(CO)cc1F. The Kier molecular flexibility index (Phi) is 5.15. The van der Waals surface area contributed by atoms with E-state index in [4.69, 9.17) is 5.11 Å². The molecule has 0 unspecified atom stereocenters. The smallest absolute Gasteiger partial charge is 0.246 e. The Bertz CT molecular complexity index is 746. The average Bonchev–Trinajstić information content (AvgIpc) is 2.83. The summed E-state index contributed by atoms with van der Waals surface area (Å²) in [5.41, 5.74) is 0.330. The van der Waals surface area contributed by atoms with Crippen LogP contribution in [0.15, 0.2) is 39.0 Å². The minimum Gasteiger partial charge on any atom is -0.392 e. The number of nitrogens with zero attached hydrogens (tertiary/aromatic N) is 1. The summed E-state index contributed by atoms with van der Waals surface area (Å²) in [6.07, 6.45) is 0. The molecule has 0 fully saturated rings. The Morgan fingerprint density at radius 3 is 2.62 bits per heavy atom. The maximum absolute atomic E-state index is 13.9. The van der Waals surface area contributed by atoms with Crippen molar-refractivity contribution >= 4 is 37.3 Å². The Balaban J connectivity index is 2.28. The van der Waals surface area contributed by atoms with Gasteiger partial charge in [-0.1, -0.05) is 6.07 Å². The lowest BCUT2D eigenvalue weighted by Crippen LogP contribution is -2.27. The van der Waals surface area contributed by atoms with Gasteiger partial charge in [0, 0.05) is 28.3 Å². The minimum absolute atomic E-state index is 0.166. The summed E-state index contributed by atoms with van der Waals surface area (Å²) >= 11 is 4.72. The second-order valence-electron chi connectivity index (χ2n) is 4.42. The van der Waals surface area contributed by atoms with E-state index < -0.39 is 20.7 Å². The summed E-state index contributed by atoms with van der Waals surface area (Å²) in [5.74, 6) is -0.860. The van der Waals surface area contributed by atoms with Gasteiger partial charge in [0.05, 0.1) is 6.61 Å². The van der Waals surface area contributed by atoms with Gasteiger partial charge in [-0.25, -0.2) is 12.8 Å². The van der Waals surface area contributed by atoms with Gasteiger partial charge in [-0.3, -0.25) is 0 Å². The molecule has 0 aliphatic carbocycles. The Morgan fingerprint density at radius 2 is 2.10 bits per heavy atom. The highest BCUT2D eigenvalue weighted by molar-refractivity contribution is 9.10. The van der Waals surface area contributed by atoms with Crippen LogP contribution in [0.5, 0.6) is 0 Å². The van der Waals surface area contributed by atoms with Gasteiger partial charge < -0.3 is 5.11 Å². The molecule has 1 aromatic carbocycles. The van der Waals surface area contributed by atoms with E-state index in [1.165, 1.54) is 30.5 Å². The number of hydrogen-bond acceptors (Lipinski definition) is 4. The second-order valence-corrected chi connectivity index (χ2v) is 8.34. The standard InChI is InChI=1S/C13H13BrFNO3S2/c1-16(6-11-5-10(14)8-20-11)21(18,19)13-3-2-9(7-17)4-12(13)15/h2-5,8,17H,6-7H2,1H3. The molecule has 114 valence electrons. The maximum Gasteiger partial charge on any atom is 0.246 e. The lowest BCUT2D eigenvalue weighted by atomic mass is 10.2. The molecular formula is C13H13BrFNO3S2. The number of halogens is 2. The van der Waals surface area contributed by atoms with Gasteiger partial charge in [-0.05, 0) is 39.7 Å². The first-order valence-electron chi connectivity index (χ1n) is 5.93. The molecule has 0 saturated heterocycles. The average molecular weight is 394 g/mol. The molecule has 2 rings (SSSR count). The normalized spacial score (nSPS) is 12.0. The number of aliphatic hydroxyl groups excluding tert-OH is 1. The number of hydrogen-bond donors (Lipinski definition) is 1. The number of rotatable bonds is 5. The van der Waals surface area contributed by atoms with Crippen LogP contribution in [0.2, 0.25) is 0 Å². The first-order chi connectivity index (χ1) is 9.84. The van der Waals surface area contributed by atoms with Gasteiger partial charge in [0.1, 0.15) is 10.7 Å². The Morgan fingerprint density at radius 1 is 1.38 bits per heavy atom. The zero-order valence-electron chi connectivity index (χ0n) is 11.1. The van der Waals surface area contributed by atoms with E-state index in [0.717, 1.165) is 19.7 Å². The van der Waals surface area contributed by atoms with Gasteiger partial charge in [0.2, 0.25) is 10.0 Å². The molecule has 1 N–H and O–H groups in total.